The second kappa shape index (κ2) is 9.11. The fourth-order valence-electron chi connectivity index (χ4n) is 3.79. The summed E-state index contributed by atoms with van der Waals surface area (Å²) in [4.78, 5) is 22.0. The number of nitrogens with one attached hydrogen (secondary N) is 2. The van der Waals surface area contributed by atoms with E-state index in [1.807, 2.05) is 11.7 Å². The first kappa shape index (κ1) is 20.2. The van der Waals surface area contributed by atoms with Crippen LogP contribution >= 0.6 is 0 Å². The van der Waals surface area contributed by atoms with Crippen molar-refractivity contribution in [3.63, 3.8) is 0 Å². The lowest BCUT2D eigenvalue weighted by Crippen LogP contribution is -2.38. The molecule has 1 saturated heterocycles. The van der Waals surface area contributed by atoms with Crippen LogP contribution in [0.3, 0.4) is 0 Å². The fraction of sp³-hybridized carbons (Fsp3) is 0.579. The Hall–Kier alpha value is -2.52. The molecule has 3 rings (SSSR count). The molecule has 0 spiro atoms. The van der Waals surface area contributed by atoms with Crippen molar-refractivity contribution < 1.29 is 10.0 Å². The van der Waals surface area contributed by atoms with Crippen molar-refractivity contribution >= 4 is 11.9 Å². The molecule has 3 N–H and O–H groups in total. The monoisotopic (exact) mass is 387 g/mol. The number of carbonyl (C=O) groups is 1. The molecule has 0 aliphatic carbocycles. The number of anilines is 1. The van der Waals surface area contributed by atoms with E-state index in [1.165, 1.54) is 23.7 Å². The highest BCUT2D eigenvalue weighted by Gasteiger charge is 2.21. The van der Waals surface area contributed by atoms with Gasteiger partial charge >= 0.3 is 0 Å². The molecule has 9 nitrogen and oxygen atoms in total. The van der Waals surface area contributed by atoms with Crippen molar-refractivity contribution in [2.45, 2.75) is 39.7 Å². The molecule has 1 amide bonds. The normalized spacial score (nSPS) is 15.1. The van der Waals surface area contributed by atoms with Gasteiger partial charge in [0.2, 0.25) is 5.95 Å². The number of rotatable bonds is 7. The molecule has 2 aromatic heterocycles. The maximum absolute atomic E-state index is 11.3. The first-order chi connectivity index (χ1) is 13.5. The van der Waals surface area contributed by atoms with Crippen molar-refractivity contribution in [3.05, 3.63) is 34.9 Å². The average molecular weight is 387 g/mol. The molecule has 0 saturated carbocycles. The van der Waals surface area contributed by atoms with Crippen LogP contribution in [0.25, 0.3) is 0 Å². The van der Waals surface area contributed by atoms with Gasteiger partial charge in [0.1, 0.15) is 0 Å². The summed E-state index contributed by atoms with van der Waals surface area (Å²) < 4.78 is 1.99. The number of carbonyl (C=O) groups excluding carboxylic acids is 1. The van der Waals surface area contributed by atoms with Crippen LogP contribution in [-0.4, -0.2) is 50.5 Å². The van der Waals surface area contributed by atoms with Gasteiger partial charge in [-0.1, -0.05) is 6.92 Å². The third kappa shape index (κ3) is 4.48. The van der Waals surface area contributed by atoms with E-state index in [0.717, 1.165) is 51.1 Å². The maximum atomic E-state index is 11.3. The molecule has 1 aliphatic heterocycles. The SMILES string of the molecule is CCc1c(C)c(CNCC2CCN(c3ncc(C(=O)NO)cn3)CC2)nn1C. The van der Waals surface area contributed by atoms with E-state index >= 15 is 0 Å². The molecule has 0 aromatic carbocycles. The van der Waals surface area contributed by atoms with Crippen LogP contribution in [0.1, 0.15) is 47.1 Å². The predicted molar refractivity (Wildman–Crippen MR) is 105 cm³/mol. The summed E-state index contributed by atoms with van der Waals surface area (Å²) in [6, 6.07) is 0. The molecule has 9 heteroatoms. The summed E-state index contributed by atoms with van der Waals surface area (Å²) in [6.07, 6.45) is 6.00. The van der Waals surface area contributed by atoms with Gasteiger partial charge in [0.15, 0.2) is 0 Å². The number of hydroxylamine groups is 1. The van der Waals surface area contributed by atoms with Gasteiger partial charge < -0.3 is 10.2 Å². The van der Waals surface area contributed by atoms with Crippen molar-refractivity contribution in [3.8, 4) is 0 Å². The van der Waals surface area contributed by atoms with Gasteiger partial charge in [0, 0.05) is 44.8 Å². The van der Waals surface area contributed by atoms with Crippen LogP contribution in [0.15, 0.2) is 12.4 Å². The summed E-state index contributed by atoms with van der Waals surface area (Å²) in [5, 5.41) is 16.8. The Balaban J connectivity index is 1.45. The number of amides is 1. The third-order valence-corrected chi connectivity index (χ3v) is 5.49. The smallest absolute Gasteiger partial charge is 0.277 e. The Bertz CT molecular complexity index is 795. The molecule has 152 valence electrons. The third-order valence-electron chi connectivity index (χ3n) is 5.49. The van der Waals surface area contributed by atoms with Crippen molar-refractivity contribution in [1.29, 1.82) is 0 Å². The molecule has 28 heavy (non-hydrogen) atoms. The lowest BCUT2D eigenvalue weighted by atomic mass is 9.97. The first-order valence-electron chi connectivity index (χ1n) is 9.77. The highest BCUT2D eigenvalue weighted by molar-refractivity contribution is 5.92. The minimum atomic E-state index is -0.606. The van der Waals surface area contributed by atoms with Crippen LogP contribution in [0.4, 0.5) is 5.95 Å². The molecule has 0 bridgehead atoms. The summed E-state index contributed by atoms with van der Waals surface area (Å²) >= 11 is 0. The number of aromatic nitrogens is 4. The first-order valence-corrected chi connectivity index (χ1v) is 9.77. The Morgan fingerprint density at radius 3 is 2.54 bits per heavy atom. The lowest BCUT2D eigenvalue weighted by molar-refractivity contribution is 0.0705. The zero-order valence-corrected chi connectivity index (χ0v) is 16.8. The molecule has 0 radical (unpaired) electrons. The minimum Gasteiger partial charge on any atom is -0.341 e. The van der Waals surface area contributed by atoms with Crippen LogP contribution in [-0.2, 0) is 20.0 Å². The van der Waals surface area contributed by atoms with Gasteiger partial charge in [-0.25, -0.2) is 15.4 Å². The second-order valence-electron chi connectivity index (χ2n) is 7.27. The van der Waals surface area contributed by atoms with E-state index in [1.54, 1.807) is 5.48 Å². The fourth-order valence-corrected chi connectivity index (χ4v) is 3.79. The van der Waals surface area contributed by atoms with Gasteiger partial charge in [0.25, 0.3) is 5.91 Å². The molecule has 0 atom stereocenters. The van der Waals surface area contributed by atoms with Crippen LogP contribution in [0.2, 0.25) is 0 Å². The minimum absolute atomic E-state index is 0.237. The van der Waals surface area contributed by atoms with Gasteiger partial charge in [-0.05, 0) is 44.2 Å². The topological polar surface area (TPSA) is 108 Å². The highest BCUT2D eigenvalue weighted by Crippen LogP contribution is 2.20. The molecule has 3 heterocycles. The van der Waals surface area contributed by atoms with E-state index in [4.69, 9.17) is 5.21 Å². The molecule has 1 fully saturated rings. The molecular weight excluding hydrogens is 358 g/mol. The van der Waals surface area contributed by atoms with E-state index in [-0.39, 0.29) is 5.56 Å². The van der Waals surface area contributed by atoms with E-state index in [9.17, 15) is 4.79 Å². The number of nitrogens with zero attached hydrogens (tertiary/aromatic N) is 5. The summed E-state index contributed by atoms with van der Waals surface area (Å²) in [5.41, 5.74) is 5.55. The number of hydrogen-bond acceptors (Lipinski definition) is 7. The van der Waals surface area contributed by atoms with Gasteiger partial charge in [-0.15, -0.1) is 0 Å². The molecule has 0 unspecified atom stereocenters. The number of hydrogen-bond donors (Lipinski definition) is 3. The highest BCUT2D eigenvalue weighted by atomic mass is 16.5. The zero-order valence-electron chi connectivity index (χ0n) is 16.8. The molecule has 1 aliphatic rings. The Morgan fingerprint density at radius 2 is 1.96 bits per heavy atom. The summed E-state index contributed by atoms with van der Waals surface area (Å²) in [5.74, 6) is 0.632. The van der Waals surface area contributed by atoms with E-state index < -0.39 is 5.91 Å². The van der Waals surface area contributed by atoms with Crippen LogP contribution in [0.5, 0.6) is 0 Å². The standard InChI is InChI=1S/C19H29N7O2/c1-4-17-13(2)16(23-25(17)3)12-20-9-14-5-7-26(8-6-14)19-21-10-15(11-22-19)18(27)24-28/h10-11,14,20,28H,4-9,12H2,1-3H3,(H,24,27). The van der Waals surface area contributed by atoms with Gasteiger partial charge in [0.05, 0.1) is 11.3 Å². The quantitative estimate of drug-likeness (QED) is 0.484. The van der Waals surface area contributed by atoms with Crippen molar-refractivity contribution in [2.75, 3.05) is 24.5 Å². The largest absolute Gasteiger partial charge is 0.341 e. The molecule has 2 aromatic rings. The summed E-state index contributed by atoms with van der Waals surface area (Å²) in [7, 11) is 2.01. The second-order valence-corrected chi connectivity index (χ2v) is 7.27. The van der Waals surface area contributed by atoms with E-state index in [2.05, 4.69) is 39.1 Å². The van der Waals surface area contributed by atoms with Crippen LogP contribution in [0, 0.1) is 12.8 Å². The number of piperidine rings is 1. The molecular formula is C19H29N7O2. The van der Waals surface area contributed by atoms with Gasteiger partial charge in [-0.2, -0.15) is 5.10 Å². The average Bonchev–Trinajstić information content (AvgIpc) is 3.00. The zero-order chi connectivity index (χ0) is 20.1. The predicted octanol–water partition coefficient (Wildman–Crippen LogP) is 1.21. The lowest BCUT2D eigenvalue weighted by Gasteiger charge is -2.32. The Morgan fingerprint density at radius 1 is 1.29 bits per heavy atom. The maximum Gasteiger partial charge on any atom is 0.277 e. The van der Waals surface area contributed by atoms with E-state index in [0.29, 0.717) is 11.9 Å². The Labute approximate surface area is 165 Å². The van der Waals surface area contributed by atoms with Crippen molar-refractivity contribution in [2.24, 2.45) is 13.0 Å². The number of aryl methyl sites for hydroxylation is 1. The van der Waals surface area contributed by atoms with Crippen LogP contribution < -0.4 is 15.7 Å². The van der Waals surface area contributed by atoms with Crippen molar-refractivity contribution in [1.82, 2.24) is 30.5 Å². The summed E-state index contributed by atoms with van der Waals surface area (Å²) in [6.45, 7) is 7.87. The Kier molecular flexibility index (Phi) is 6.58. The van der Waals surface area contributed by atoms with Gasteiger partial charge in [-0.3, -0.25) is 14.7 Å².